The molecule has 0 saturated heterocycles. The van der Waals surface area contributed by atoms with Crippen molar-refractivity contribution in [1.29, 1.82) is 5.26 Å². The molecule has 0 aliphatic heterocycles. The molecule has 86 valence electrons. The molecule has 6 heteroatoms. The van der Waals surface area contributed by atoms with Crippen molar-refractivity contribution in [3.05, 3.63) is 23.8 Å². The predicted molar refractivity (Wildman–Crippen MR) is 56.9 cm³/mol. The summed E-state index contributed by atoms with van der Waals surface area (Å²) in [5, 5.41) is 8.28. The van der Waals surface area contributed by atoms with Gasteiger partial charge in [-0.15, -0.1) is 0 Å². The number of halogens is 2. The standard InChI is InChI=1S/C10H10F2N2OS/c11-8-5-7(14)6-9(12)10(8)16(15)4-2-1-3-13/h5-6H,1-2,4,14H2. The maximum Gasteiger partial charge on any atom is 0.144 e. The number of unbranched alkanes of at least 4 members (excludes halogenated alkanes) is 1. The van der Waals surface area contributed by atoms with Gasteiger partial charge in [0.1, 0.15) is 16.5 Å². The first-order valence-corrected chi connectivity index (χ1v) is 5.88. The van der Waals surface area contributed by atoms with E-state index in [-0.39, 0.29) is 17.9 Å². The average Bonchev–Trinajstić information content (AvgIpc) is 2.16. The molecule has 1 rings (SSSR count). The van der Waals surface area contributed by atoms with Crippen molar-refractivity contribution in [1.82, 2.24) is 0 Å². The number of rotatable bonds is 4. The predicted octanol–water partition coefficient (Wildman–Crippen LogP) is 1.96. The Morgan fingerprint density at radius 3 is 2.44 bits per heavy atom. The lowest BCUT2D eigenvalue weighted by Gasteiger charge is -2.05. The van der Waals surface area contributed by atoms with Gasteiger partial charge in [-0.3, -0.25) is 4.21 Å². The number of nitrogen functional groups attached to an aromatic ring is 1. The van der Waals surface area contributed by atoms with Gasteiger partial charge in [0, 0.05) is 17.9 Å². The number of hydrogen-bond acceptors (Lipinski definition) is 3. The third-order valence-corrected chi connectivity index (χ3v) is 3.37. The summed E-state index contributed by atoms with van der Waals surface area (Å²) in [6.45, 7) is 0. The second kappa shape index (κ2) is 5.56. The first kappa shape index (κ1) is 12.6. The summed E-state index contributed by atoms with van der Waals surface area (Å²) in [6.07, 6.45) is 0.552. The smallest absolute Gasteiger partial charge is 0.144 e. The van der Waals surface area contributed by atoms with Gasteiger partial charge in [-0.25, -0.2) is 8.78 Å². The van der Waals surface area contributed by atoms with Gasteiger partial charge in [0.2, 0.25) is 0 Å². The minimum atomic E-state index is -1.77. The van der Waals surface area contributed by atoms with Crippen LogP contribution in [0.4, 0.5) is 14.5 Å². The molecule has 0 spiro atoms. The van der Waals surface area contributed by atoms with Gasteiger partial charge in [-0.1, -0.05) is 0 Å². The van der Waals surface area contributed by atoms with Crippen LogP contribution in [0.3, 0.4) is 0 Å². The van der Waals surface area contributed by atoms with Crippen LogP contribution in [0.5, 0.6) is 0 Å². The highest BCUT2D eigenvalue weighted by Gasteiger charge is 2.16. The number of hydrogen-bond donors (Lipinski definition) is 1. The van der Waals surface area contributed by atoms with E-state index >= 15 is 0 Å². The summed E-state index contributed by atoms with van der Waals surface area (Å²) in [5.74, 6) is -1.76. The van der Waals surface area contributed by atoms with Gasteiger partial charge in [-0.2, -0.15) is 5.26 Å². The number of nitrogens with zero attached hydrogens (tertiary/aromatic N) is 1. The summed E-state index contributed by atoms with van der Waals surface area (Å²) in [7, 11) is -1.77. The normalized spacial score (nSPS) is 12.1. The van der Waals surface area contributed by atoms with Crippen molar-refractivity contribution in [2.45, 2.75) is 17.7 Å². The summed E-state index contributed by atoms with van der Waals surface area (Å²) in [5.41, 5.74) is 5.18. The van der Waals surface area contributed by atoms with Gasteiger partial charge in [-0.05, 0) is 18.6 Å². The van der Waals surface area contributed by atoms with E-state index in [1.165, 1.54) is 0 Å². The van der Waals surface area contributed by atoms with E-state index in [1.807, 2.05) is 6.07 Å². The second-order valence-corrected chi connectivity index (χ2v) is 4.63. The highest BCUT2D eigenvalue weighted by molar-refractivity contribution is 7.85. The fourth-order valence-electron chi connectivity index (χ4n) is 1.18. The molecule has 0 heterocycles. The molecule has 3 nitrogen and oxygen atoms in total. The van der Waals surface area contributed by atoms with E-state index in [2.05, 4.69) is 0 Å². The Morgan fingerprint density at radius 2 is 1.94 bits per heavy atom. The molecule has 0 amide bonds. The van der Waals surface area contributed by atoms with Crippen molar-refractivity contribution >= 4 is 16.5 Å². The van der Waals surface area contributed by atoms with Crippen molar-refractivity contribution < 1.29 is 13.0 Å². The van der Waals surface area contributed by atoms with Gasteiger partial charge < -0.3 is 5.73 Å². The molecule has 16 heavy (non-hydrogen) atoms. The van der Waals surface area contributed by atoms with Gasteiger partial charge in [0.25, 0.3) is 0 Å². The molecule has 1 aromatic rings. The molecular weight excluding hydrogens is 234 g/mol. The van der Waals surface area contributed by atoms with Crippen molar-refractivity contribution in [2.24, 2.45) is 0 Å². The monoisotopic (exact) mass is 244 g/mol. The van der Waals surface area contributed by atoms with E-state index in [4.69, 9.17) is 11.0 Å². The Hall–Kier alpha value is -1.48. The van der Waals surface area contributed by atoms with Crippen LogP contribution in [0, 0.1) is 23.0 Å². The number of nitriles is 1. The molecule has 1 atom stereocenters. The lowest BCUT2D eigenvalue weighted by molar-refractivity contribution is 0.535. The Balaban J connectivity index is 2.88. The Kier molecular flexibility index (Phi) is 4.38. The number of anilines is 1. The van der Waals surface area contributed by atoms with Crippen molar-refractivity contribution in [3.63, 3.8) is 0 Å². The van der Waals surface area contributed by atoms with Crippen LogP contribution < -0.4 is 5.73 Å². The lowest BCUT2D eigenvalue weighted by atomic mass is 10.3. The molecule has 1 aromatic carbocycles. The summed E-state index contributed by atoms with van der Waals surface area (Å²) < 4.78 is 38.1. The fraction of sp³-hybridized carbons (Fsp3) is 0.300. The van der Waals surface area contributed by atoms with E-state index in [0.717, 1.165) is 12.1 Å². The number of nitrogens with two attached hydrogens (primary N) is 1. The molecule has 0 bridgehead atoms. The SMILES string of the molecule is N#CCCCS(=O)c1c(F)cc(N)cc1F. The van der Waals surface area contributed by atoms with Crippen LogP contribution in [0.25, 0.3) is 0 Å². The van der Waals surface area contributed by atoms with Crippen LogP contribution >= 0.6 is 0 Å². The molecule has 0 aromatic heterocycles. The van der Waals surface area contributed by atoms with E-state index < -0.39 is 27.3 Å². The molecule has 1 unspecified atom stereocenters. The Bertz CT molecular complexity index is 434. The Labute approximate surface area is 94.3 Å². The summed E-state index contributed by atoms with van der Waals surface area (Å²) in [6, 6.07) is 3.73. The van der Waals surface area contributed by atoms with Gasteiger partial charge in [0.15, 0.2) is 0 Å². The molecule has 0 aliphatic carbocycles. The van der Waals surface area contributed by atoms with Gasteiger partial charge >= 0.3 is 0 Å². The van der Waals surface area contributed by atoms with E-state index in [9.17, 15) is 13.0 Å². The zero-order valence-corrected chi connectivity index (χ0v) is 9.19. The highest BCUT2D eigenvalue weighted by Crippen LogP contribution is 2.20. The molecule has 0 saturated carbocycles. The van der Waals surface area contributed by atoms with Crippen molar-refractivity contribution in [2.75, 3.05) is 11.5 Å². The maximum atomic E-state index is 13.3. The maximum absolute atomic E-state index is 13.3. The average molecular weight is 244 g/mol. The number of benzene rings is 1. The Morgan fingerprint density at radius 1 is 1.38 bits per heavy atom. The first-order chi connectivity index (χ1) is 7.56. The quantitative estimate of drug-likeness (QED) is 0.650. The molecule has 0 radical (unpaired) electrons. The second-order valence-electron chi connectivity index (χ2n) is 3.12. The third-order valence-electron chi connectivity index (χ3n) is 1.87. The molecule has 0 aliphatic rings. The van der Waals surface area contributed by atoms with Crippen molar-refractivity contribution in [3.8, 4) is 6.07 Å². The van der Waals surface area contributed by atoms with E-state index in [1.54, 1.807) is 0 Å². The zero-order chi connectivity index (χ0) is 12.1. The minimum Gasteiger partial charge on any atom is -0.399 e. The van der Waals surface area contributed by atoms with Gasteiger partial charge in [0.05, 0.1) is 16.9 Å². The minimum absolute atomic E-state index is 0.0484. The molecule has 0 fully saturated rings. The zero-order valence-electron chi connectivity index (χ0n) is 8.37. The van der Waals surface area contributed by atoms with Crippen LogP contribution in [-0.2, 0) is 10.8 Å². The van der Waals surface area contributed by atoms with Crippen LogP contribution in [-0.4, -0.2) is 9.96 Å². The third kappa shape index (κ3) is 3.00. The molecule has 2 N–H and O–H groups in total. The lowest BCUT2D eigenvalue weighted by Crippen LogP contribution is -2.05. The summed E-state index contributed by atoms with van der Waals surface area (Å²) in [4.78, 5) is -0.466. The highest BCUT2D eigenvalue weighted by atomic mass is 32.2. The molecular formula is C10H10F2N2OS. The van der Waals surface area contributed by atoms with E-state index in [0.29, 0.717) is 6.42 Å². The summed E-state index contributed by atoms with van der Waals surface area (Å²) >= 11 is 0. The van der Waals surface area contributed by atoms with Crippen LogP contribution in [0.15, 0.2) is 17.0 Å². The first-order valence-electron chi connectivity index (χ1n) is 4.56. The topological polar surface area (TPSA) is 66.9 Å². The fourth-order valence-corrected chi connectivity index (χ4v) is 2.34. The largest absolute Gasteiger partial charge is 0.399 e. The van der Waals surface area contributed by atoms with Crippen LogP contribution in [0.1, 0.15) is 12.8 Å². The van der Waals surface area contributed by atoms with Crippen LogP contribution in [0.2, 0.25) is 0 Å².